The molecule has 0 aliphatic heterocycles. The summed E-state index contributed by atoms with van der Waals surface area (Å²) < 4.78 is 0. The van der Waals surface area contributed by atoms with Crippen molar-refractivity contribution >= 4 is 10.9 Å². The molecule has 1 aromatic heterocycles. The number of nitrogens with zero attached hydrogens (tertiary/aromatic N) is 1. The summed E-state index contributed by atoms with van der Waals surface area (Å²) in [5.41, 5.74) is 3.79. The Balaban J connectivity index is 2.47. The predicted molar refractivity (Wildman–Crippen MR) is 64.9 cm³/mol. The van der Waals surface area contributed by atoms with Crippen LogP contribution in [0.4, 0.5) is 0 Å². The van der Waals surface area contributed by atoms with Crippen LogP contribution in [0.15, 0.2) is 48.2 Å². The topological polar surface area (TPSA) is 12.9 Å². The summed E-state index contributed by atoms with van der Waals surface area (Å²) in [6, 6.07) is 10.4. The van der Waals surface area contributed by atoms with Crippen LogP contribution in [-0.4, -0.2) is 4.98 Å². The predicted octanol–water partition coefficient (Wildman–Crippen LogP) is 3.74. The molecule has 2 rings (SSSR count). The summed E-state index contributed by atoms with van der Waals surface area (Å²) in [6.07, 6.45) is 5.13. The van der Waals surface area contributed by atoms with Gasteiger partial charge >= 0.3 is 0 Å². The van der Waals surface area contributed by atoms with Gasteiger partial charge in [-0.15, -0.1) is 0 Å². The van der Waals surface area contributed by atoms with Crippen molar-refractivity contribution in [2.45, 2.75) is 20.3 Å². The summed E-state index contributed by atoms with van der Waals surface area (Å²) >= 11 is 0. The molecule has 0 radical (unpaired) electrons. The maximum atomic E-state index is 4.35. The lowest BCUT2D eigenvalue weighted by Gasteiger charge is -2.03. The Morgan fingerprint density at radius 2 is 2.00 bits per heavy atom. The van der Waals surface area contributed by atoms with Gasteiger partial charge in [-0.2, -0.15) is 0 Å². The van der Waals surface area contributed by atoms with Gasteiger partial charge in [0.25, 0.3) is 0 Å². The molecule has 1 nitrogen and oxygen atoms in total. The number of allylic oxidation sites excluding steroid dienone is 2. The van der Waals surface area contributed by atoms with Crippen LogP contribution >= 0.6 is 0 Å². The third kappa shape index (κ3) is 2.24. The zero-order valence-electron chi connectivity index (χ0n) is 9.20. The van der Waals surface area contributed by atoms with Crippen molar-refractivity contribution in [2.75, 3.05) is 0 Å². The number of fused-ring (bicyclic) bond motifs is 1. The lowest BCUT2D eigenvalue weighted by molar-refractivity contribution is 1.22. The molecular weight excluding hydrogens is 182 g/mol. The van der Waals surface area contributed by atoms with E-state index in [1.807, 2.05) is 12.3 Å². The highest BCUT2D eigenvalue weighted by Crippen LogP contribution is 2.17. The van der Waals surface area contributed by atoms with Crippen molar-refractivity contribution in [3.8, 4) is 0 Å². The number of benzene rings is 1. The van der Waals surface area contributed by atoms with Gasteiger partial charge in [-0.3, -0.25) is 4.98 Å². The normalized spacial score (nSPS) is 10.3. The molecule has 0 atom stereocenters. The van der Waals surface area contributed by atoms with E-state index < -0.39 is 0 Å². The van der Waals surface area contributed by atoms with Gasteiger partial charge in [0.15, 0.2) is 0 Å². The van der Waals surface area contributed by atoms with E-state index >= 15 is 0 Å². The first-order valence-corrected chi connectivity index (χ1v) is 5.23. The van der Waals surface area contributed by atoms with Crippen molar-refractivity contribution in [3.05, 3.63) is 53.7 Å². The molecule has 1 aromatic carbocycles. The van der Waals surface area contributed by atoms with Crippen LogP contribution in [0, 0.1) is 0 Å². The fourth-order valence-electron chi connectivity index (χ4n) is 1.65. The lowest BCUT2D eigenvalue weighted by Crippen LogP contribution is -1.87. The molecule has 0 N–H and O–H groups in total. The van der Waals surface area contributed by atoms with E-state index in [9.17, 15) is 0 Å². The molecular formula is C14H15N. The van der Waals surface area contributed by atoms with E-state index in [2.05, 4.69) is 49.2 Å². The van der Waals surface area contributed by atoms with Gasteiger partial charge in [-0.25, -0.2) is 0 Å². The summed E-state index contributed by atoms with van der Waals surface area (Å²) in [5.74, 6) is 0. The van der Waals surface area contributed by atoms with Crippen LogP contribution in [0.5, 0.6) is 0 Å². The van der Waals surface area contributed by atoms with Crippen LogP contribution in [0.1, 0.15) is 19.4 Å². The fourth-order valence-corrected chi connectivity index (χ4v) is 1.65. The lowest BCUT2D eigenvalue weighted by atomic mass is 10.1. The third-order valence-electron chi connectivity index (χ3n) is 2.47. The molecule has 0 amide bonds. The minimum absolute atomic E-state index is 0.991. The maximum absolute atomic E-state index is 4.35. The van der Waals surface area contributed by atoms with Crippen LogP contribution in [0.3, 0.4) is 0 Å². The average Bonchev–Trinajstić information content (AvgIpc) is 2.26. The third-order valence-corrected chi connectivity index (χ3v) is 2.47. The van der Waals surface area contributed by atoms with Crippen molar-refractivity contribution < 1.29 is 0 Å². The van der Waals surface area contributed by atoms with E-state index in [0.29, 0.717) is 0 Å². The summed E-state index contributed by atoms with van der Waals surface area (Å²) in [6.45, 7) is 4.26. The van der Waals surface area contributed by atoms with E-state index in [1.165, 1.54) is 16.5 Å². The number of aromatic nitrogens is 1. The maximum Gasteiger partial charge on any atom is 0.0704 e. The average molecular weight is 197 g/mol. The largest absolute Gasteiger partial charge is 0.256 e. The standard InChI is InChI=1S/C14H15N/c1-11(2)7-8-12-9-10-15-14-6-4-3-5-13(12)14/h3-7,9-10H,8H2,1-2H3. The van der Waals surface area contributed by atoms with E-state index in [4.69, 9.17) is 0 Å². The van der Waals surface area contributed by atoms with Crippen LogP contribution in [0.25, 0.3) is 10.9 Å². The summed E-state index contributed by atoms with van der Waals surface area (Å²) in [7, 11) is 0. The number of hydrogen-bond donors (Lipinski definition) is 0. The molecule has 0 aliphatic carbocycles. The zero-order valence-corrected chi connectivity index (χ0v) is 9.20. The van der Waals surface area contributed by atoms with Gasteiger partial charge in [0.05, 0.1) is 5.52 Å². The Kier molecular flexibility index (Phi) is 2.82. The van der Waals surface area contributed by atoms with Crippen LogP contribution in [0.2, 0.25) is 0 Å². The van der Waals surface area contributed by atoms with Gasteiger partial charge < -0.3 is 0 Å². The fraction of sp³-hybridized carbons (Fsp3) is 0.214. The van der Waals surface area contributed by atoms with Gasteiger partial charge in [-0.05, 0) is 38.0 Å². The SMILES string of the molecule is CC(C)=CCc1ccnc2ccccc12. The molecule has 0 saturated heterocycles. The van der Waals surface area contributed by atoms with Crippen LogP contribution in [-0.2, 0) is 6.42 Å². The molecule has 0 unspecified atom stereocenters. The number of rotatable bonds is 2. The molecule has 0 spiro atoms. The van der Waals surface area contributed by atoms with Crippen LogP contribution < -0.4 is 0 Å². The van der Waals surface area contributed by atoms with Crippen molar-refractivity contribution in [2.24, 2.45) is 0 Å². The van der Waals surface area contributed by atoms with E-state index in [1.54, 1.807) is 0 Å². The Morgan fingerprint density at radius 3 is 2.80 bits per heavy atom. The summed E-state index contributed by atoms with van der Waals surface area (Å²) in [5, 5.41) is 1.26. The molecule has 1 heterocycles. The molecule has 15 heavy (non-hydrogen) atoms. The second kappa shape index (κ2) is 4.26. The summed E-state index contributed by atoms with van der Waals surface area (Å²) in [4.78, 5) is 4.35. The smallest absolute Gasteiger partial charge is 0.0704 e. The minimum Gasteiger partial charge on any atom is -0.256 e. The Hall–Kier alpha value is -1.63. The minimum atomic E-state index is 0.991. The first-order valence-electron chi connectivity index (χ1n) is 5.23. The van der Waals surface area contributed by atoms with E-state index in [-0.39, 0.29) is 0 Å². The van der Waals surface area contributed by atoms with Gasteiger partial charge in [0.1, 0.15) is 0 Å². The number of para-hydroxylation sites is 1. The molecule has 2 aromatic rings. The first kappa shape index (κ1) is 9.91. The van der Waals surface area contributed by atoms with E-state index in [0.717, 1.165) is 11.9 Å². The number of pyridine rings is 1. The molecule has 1 heteroatoms. The quantitative estimate of drug-likeness (QED) is 0.668. The van der Waals surface area contributed by atoms with Crippen molar-refractivity contribution in [1.82, 2.24) is 4.98 Å². The molecule has 0 aliphatic rings. The molecule has 76 valence electrons. The Morgan fingerprint density at radius 1 is 1.20 bits per heavy atom. The molecule has 0 bridgehead atoms. The first-order chi connectivity index (χ1) is 7.27. The van der Waals surface area contributed by atoms with Crippen molar-refractivity contribution in [3.63, 3.8) is 0 Å². The zero-order chi connectivity index (χ0) is 10.7. The Bertz CT molecular complexity index is 488. The molecule has 0 saturated carbocycles. The van der Waals surface area contributed by atoms with Gasteiger partial charge in [-0.1, -0.05) is 29.8 Å². The highest BCUT2D eigenvalue weighted by molar-refractivity contribution is 5.81. The molecule has 0 fully saturated rings. The monoisotopic (exact) mass is 197 g/mol. The van der Waals surface area contributed by atoms with Gasteiger partial charge in [0, 0.05) is 11.6 Å². The highest BCUT2D eigenvalue weighted by atomic mass is 14.6. The van der Waals surface area contributed by atoms with Crippen molar-refractivity contribution in [1.29, 1.82) is 0 Å². The second-order valence-electron chi connectivity index (χ2n) is 3.97. The Labute approximate surface area is 90.5 Å². The van der Waals surface area contributed by atoms with Gasteiger partial charge in [0.2, 0.25) is 0 Å². The highest BCUT2D eigenvalue weighted by Gasteiger charge is 1.98. The second-order valence-corrected chi connectivity index (χ2v) is 3.97. The number of hydrogen-bond acceptors (Lipinski definition) is 1.